The second-order valence-corrected chi connectivity index (χ2v) is 6.32. The number of hydrogen-bond donors (Lipinski definition) is 1. The lowest BCUT2D eigenvalue weighted by molar-refractivity contribution is -0.130. The first kappa shape index (κ1) is 18.6. The second kappa shape index (κ2) is 8.38. The standard InChI is InChI=1S/C21H24O4/c1-14(2)13-25-18-7-5-6-16(11-18)12-20(21(22)23)19-9-8-17(24-4)10-15(19)3/h5-12,14H,13H2,1-4H3,(H,22,23)/b20-12-. The normalized spacial score (nSPS) is 11.5. The monoisotopic (exact) mass is 340 g/mol. The molecule has 25 heavy (non-hydrogen) atoms. The molecule has 2 aromatic rings. The Bertz CT molecular complexity index is 775. The van der Waals surface area contributed by atoms with E-state index in [0.29, 0.717) is 23.8 Å². The molecule has 0 aliphatic heterocycles. The van der Waals surface area contributed by atoms with Crippen LogP contribution >= 0.6 is 0 Å². The zero-order valence-corrected chi connectivity index (χ0v) is 15.1. The molecule has 2 rings (SSSR count). The van der Waals surface area contributed by atoms with Gasteiger partial charge in [0.05, 0.1) is 19.3 Å². The van der Waals surface area contributed by atoms with E-state index in [9.17, 15) is 9.90 Å². The van der Waals surface area contributed by atoms with Gasteiger partial charge in [0.15, 0.2) is 0 Å². The Morgan fingerprint density at radius 3 is 2.52 bits per heavy atom. The van der Waals surface area contributed by atoms with Crippen LogP contribution in [-0.2, 0) is 4.79 Å². The van der Waals surface area contributed by atoms with E-state index in [-0.39, 0.29) is 5.57 Å². The lowest BCUT2D eigenvalue weighted by Gasteiger charge is -2.11. The maximum atomic E-state index is 11.8. The fourth-order valence-electron chi connectivity index (χ4n) is 2.44. The quantitative estimate of drug-likeness (QED) is 0.588. The molecular weight excluding hydrogens is 316 g/mol. The molecule has 0 aliphatic rings. The summed E-state index contributed by atoms with van der Waals surface area (Å²) < 4.78 is 10.9. The molecule has 2 aromatic carbocycles. The predicted octanol–water partition coefficient (Wildman–Crippen LogP) is 4.66. The molecule has 0 amide bonds. The van der Waals surface area contributed by atoms with Gasteiger partial charge in [-0.2, -0.15) is 0 Å². The Balaban J connectivity index is 2.37. The zero-order valence-electron chi connectivity index (χ0n) is 15.1. The number of methoxy groups -OCH3 is 1. The first-order valence-electron chi connectivity index (χ1n) is 8.23. The molecule has 0 heterocycles. The molecule has 4 heteroatoms. The van der Waals surface area contributed by atoms with Crippen molar-refractivity contribution in [2.24, 2.45) is 5.92 Å². The van der Waals surface area contributed by atoms with Gasteiger partial charge in [-0.25, -0.2) is 4.79 Å². The van der Waals surface area contributed by atoms with E-state index < -0.39 is 5.97 Å². The van der Waals surface area contributed by atoms with Crippen molar-refractivity contribution in [2.75, 3.05) is 13.7 Å². The molecule has 0 aromatic heterocycles. The van der Waals surface area contributed by atoms with Gasteiger partial charge in [0.25, 0.3) is 0 Å². The smallest absolute Gasteiger partial charge is 0.336 e. The van der Waals surface area contributed by atoms with Gasteiger partial charge in [-0.3, -0.25) is 0 Å². The summed E-state index contributed by atoms with van der Waals surface area (Å²) in [6.45, 7) is 6.66. The van der Waals surface area contributed by atoms with E-state index in [2.05, 4.69) is 13.8 Å². The molecule has 0 unspecified atom stereocenters. The van der Waals surface area contributed by atoms with Crippen LogP contribution < -0.4 is 9.47 Å². The van der Waals surface area contributed by atoms with E-state index in [1.165, 1.54) is 0 Å². The fourth-order valence-corrected chi connectivity index (χ4v) is 2.44. The van der Waals surface area contributed by atoms with Crippen molar-refractivity contribution in [3.05, 3.63) is 59.2 Å². The van der Waals surface area contributed by atoms with Gasteiger partial charge in [-0.1, -0.05) is 32.0 Å². The van der Waals surface area contributed by atoms with E-state index in [1.54, 1.807) is 25.3 Å². The van der Waals surface area contributed by atoms with Crippen molar-refractivity contribution in [2.45, 2.75) is 20.8 Å². The lowest BCUT2D eigenvalue weighted by Crippen LogP contribution is -2.04. The number of ether oxygens (including phenoxy) is 2. The number of aryl methyl sites for hydroxylation is 1. The third kappa shape index (κ3) is 5.11. The average molecular weight is 340 g/mol. The van der Waals surface area contributed by atoms with Crippen LogP contribution in [0.2, 0.25) is 0 Å². The summed E-state index contributed by atoms with van der Waals surface area (Å²) in [5, 5.41) is 9.65. The lowest BCUT2D eigenvalue weighted by atomic mass is 9.98. The van der Waals surface area contributed by atoms with Gasteiger partial charge in [-0.15, -0.1) is 0 Å². The van der Waals surface area contributed by atoms with Gasteiger partial charge in [0, 0.05) is 0 Å². The summed E-state index contributed by atoms with van der Waals surface area (Å²) in [6, 6.07) is 12.8. The minimum Gasteiger partial charge on any atom is -0.497 e. The second-order valence-electron chi connectivity index (χ2n) is 6.32. The maximum Gasteiger partial charge on any atom is 0.336 e. The molecule has 0 saturated heterocycles. The van der Waals surface area contributed by atoms with Crippen molar-refractivity contribution in [3.8, 4) is 11.5 Å². The van der Waals surface area contributed by atoms with Crippen LogP contribution in [0, 0.1) is 12.8 Å². The number of carbonyl (C=O) groups is 1. The number of aliphatic carboxylic acids is 1. The first-order chi connectivity index (χ1) is 11.9. The summed E-state index contributed by atoms with van der Waals surface area (Å²) in [7, 11) is 1.59. The summed E-state index contributed by atoms with van der Waals surface area (Å²) in [5.74, 6) is 0.895. The first-order valence-corrected chi connectivity index (χ1v) is 8.23. The molecule has 1 N–H and O–H groups in total. The topological polar surface area (TPSA) is 55.8 Å². The molecular formula is C21H24O4. The molecule has 132 valence electrons. The number of benzene rings is 2. The third-order valence-corrected chi connectivity index (χ3v) is 3.71. The number of carboxylic acid groups (broad SMARTS) is 1. The van der Waals surface area contributed by atoms with Crippen molar-refractivity contribution in [1.29, 1.82) is 0 Å². The largest absolute Gasteiger partial charge is 0.497 e. The molecule has 0 spiro atoms. The van der Waals surface area contributed by atoms with Gasteiger partial charge >= 0.3 is 5.97 Å². The molecule has 0 radical (unpaired) electrons. The van der Waals surface area contributed by atoms with Crippen LogP contribution in [0.5, 0.6) is 11.5 Å². The third-order valence-electron chi connectivity index (χ3n) is 3.71. The Hall–Kier alpha value is -2.75. The van der Waals surface area contributed by atoms with Crippen LogP contribution in [0.3, 0.4) is 0 Å². The van der Waals surface area contributed by atoms with Crippen molar-refractivity contribution < 1.29 is 19.4 Å². The van der Waals surface area contributed by atoms with Crippen LogP contribution in [0.25, 0.3) is 11.6 Å². The highest BCUT2D eigenvalue weighted by molar-refractivity contribution is 6.21. The average Bonchev–Trinajstić information content (AvgIpc) is 2.58. The summed E-state index contributed by atoms with van der Waals surface area (Å²) in [6.07, 6.45) is 1.67. The van der Waals surface area contributed by atoms with E-state index in [1.807, 2.05) is 37.3 Å². The molecule has 4 nitrogen and oxygen atoms in total. The van der Waals surface area contributed by atoms with E-state index in [4.69, 9.17) is 9.47 Å². The van der Waals surface area contributed by atoms with E-state index in [0.717, 1.165) is 16.9 Å². The van der Waals surface area contributed by atoms with Gasteiger partial charge in [0.1, 0.15) is 11.5 Å². The Labute approximate surface area is 148 Å². The molecule has 0 fully saturated rings. The zero-order chi connectivity index (χ0) is 18.4. The van der Waals surface area contributed by atoms with Crippen molar-refractivity contribution in [3.63, 3.8) is 0 Å². The van der Waals surface area contributed by atoms with Gasteiger partial charge in [0.2, 0.25) is 0 Å². The van der Waals surface area contributed by atoms with Crippen LogP contribution in [-0.4, -0.2) is 24.8 Å². The Kier molecular flexibility index (Phi) is 6.23. The molecule has 0 atom stereocenters. The highest BCUT2D eigenvalue weighted by Gasteiger charge is 2.14. The van der Waals surface area contributed by atoms with Crippen LogP contribution in [0.15, 0.2) is 42.5 Å². The van der Waals surface area contributed by atoms with Gasteiger partial charge < -0.3 is 14.6 Å². The maximum absolute atomic E-state index is 11.8. The summed E-state index contributed by atoms with van der Waals surface area (Å²) in [4.78, 5) is 11.8. The van der Waals surface area contributed by atoms with Crippen molar-refractivity contribution >= 4 is 17.6 Å². The van der Waals surface area contributed by atoms with Crippen molar-refractivity contribution in [1.82, 2.24) is 0 Å². The Morgan fingerprint density at radius 2 is 1.92 bits per heavy atom. The number of rotatable bonds is 7. The van der Waals surface area contributed by atoms with Gasteiger partial charge in [-0.05, 0) is 59.9 Å². The molecule has 0 bridgehead atoms. The number of carboxylic acids is 1. The fraction of sp³-hybridized carbons (Fsp3) is 0.286. The highest BCUT2D eigenvalue weighted by atomic mass is 16.5. The SMILES string of the molecule is COc1ccc(/C(=C/c2cccc(OCC(C)C)c2)C(=O)O)c(C)c1. The Morgan fingerprint density at radius 1 is 1.16 bits per heavy atom. The van der Waals surface area contributed by atoms with Crippen LogP contribution in [0.1, 0.15) is 30.5 Å². The minimum absolute atomic E-state index is 0.237. The molecule has 0 saturated carbocycles. The minimum atomic E-state index is -0.971. The summed E-state index contributed by atoms with van der Waals surface area (Å²) >= 11 is 0. The highest BCUT2D eigenvalue weighted by Crippen LogP contribution is 2.26. The molecule has 0 aliphatic carbocycles. The van der Waals surface area contributed by atoms with E-state index >= 15 is 0 Å². The predicted molar refractivity (Wildman–Crippen MR) is 100 cm³/mol. The summed E-state index contributed by atoms with van der Waals surface area (Å²) in [5.41, 5.74) is 2.54. The number of hydrogen-bond acceptors (Lipinski definition) is 3. The van der Waals surface area contributed by atoms with Crippen LogP contribution in [0.4, 0.5) is 0 Å².